The van der Waals surface area contributed by atoms with Crippen molar-refractivity contribution in [2.75, 3.05) is 17.2 Å². The molecule has 5 nitrogen and oxygen atoms in total. The van der Waals surface area contributed by atoms with Crippen molar-refractivity contribution in [3.8, 4) is 0 Å². The normalized spacial score (nSPS) is 10.4. The average molecular weight is 263 g/mol. The smallest absolute Gasteiger partial charge is 0.224 e. The van der Waals surface area contributed by atoms with E-state index >= 15 is 0 Å². The first kappa shape index (κ1) is 12.8. The molecule has 0 aliphatic carbocycles. The summed E-state index contributed by atoms with van der Waals surface area (Å²) in [6.45, 7) is 7.57. The predicted molar refractivity (Wildman–Crippen MR) is 75.1 cm³/mol. The quantitative estimate of drug-likeness (QED) is 0.868. The molecular weight excluding hydrogens is 246 g/mol. The van der Waals surface area contributed by atoms with Crippen molar-refractivity contribution in [2.24, 2.45) is 0 Å². The van der Waals surface area contributed by atoms with Crippen molar-refractivity contribution in [1.29, 1.82) is 0 Å². The van der Waals surface area contributed by atoms with Crippen LogP contribution < -0.4 is 10.6 Å². The number of hydrogen-bond donors (Lipinski definition) is 2. The first-order valence-electron chi connectivity index (χ1n) is 5.91. The van der Waals surface area contributed by atoms with E-state index in [9.17, 15) is 0 Å². The van der Waals surface area contributed by atoms with E-state index in [1.165, 1.54) is 4.88 Å². The predicted octanol–water partition coefficient (Wildman–Crippen LogP) is 2.59. The number of nitrogens with zero attached hydrogens (tertiary/aromatic N) is 3. The number of anilines is 2. The molecule has 2 aromatic rings. The van der Waals surface area contributed by atoms with Crippen LogP contribution in [0.1, 0.15) is 23.2 Å². The van der Waals surface area contributed by atoms with Gasteiger partial charge in [-0.2, -0.15) is 4.98 Å². The van der Waals surface area contributed by atoms with E-state index in [0.29, 0.717) is 5.95 Å². The first-order valence-corrected chi connectivity index (χ1v) is 6.79. The van der Waals surface area contributed by atoms with Gasteiger partial charge in [0.05, 0.1) is 17.7 Å². The van der Waals surface area contributed by atoms with Crippen LogP contribution in [0, 0.1) is 13.8 Å². The Balaban J connectivity index is 2.07. The van der Waals surface area contributed by atoms with E-state index in [1.54, 1.807) is 11.3 Å². The molecule has 0 aliphatic rings. The molecule has 2 rings (SSSR count). The molecule has 0 saturated carbocycles. The Morgan fingerprint density at radius 1 is 1.22 bits per heavy atom. The van der Waals surface area contributed by atoms with Crippen LogP contribution in [0.2, 0.25) is 0 Å². The summed E-state index contributed by atoms with van der Waals surface area (Å²) in [4.78, 5) is 14.2. The van der Waals surface area contributed by atoms with Crippen LogP contribution in [-0.4, -0.2) is 21.5 Å². The van der Waals surface area contributed by atoms with Crippen molar-refractivity contribution < 1.29 is 0 Å². The standard InChI is InChI=1S/C12H17N5S/c1-4-13-12-16-8(2)5-11(17-12)14-6-10-9(3)15-7-18-10/h5,7H,4,6H2,1-3H3,(H2,13,14,16,17). The molecule has 6 heteroatoms. The number of hydrogen-bond acceptors (Lipinski definition) is 6. The molecule has 0 spiro atoms. The Morgan fingerprint density at radius 2 is 2.06 bits per heavy atom. The molecule has 0 aliphatic heterocycles. The van der Waals surface area contributed by atoms with Gasteiger partial charge in [-0.3, -0.25) is 0 Å². The van der Waals surface area contributed by atoms with Crippen molar-refractivity contribution in [2.45, 2.75) is 27.3 Å². The van der Waals surface area contributed by atoms with Crippen LogP contribution in [0.4, 0.5) is 11.8 Å². The van der Waals surface area contributed by atoms with Crippen molar-refractivity contribution >= 4 is 23.1 Å². The number of aromatic nitrogens is 3. The van der Waals surface area contributed by atoms with Crippen LogP contribution in [0.5, 0.6) is 0 Å². The summed E-state index contributed by atoms with van der Waals surface area (Å²) < 4.78 is 0. The first-order chi connectivity index (χ1) is 8.69. The highest BCUT2D eigenvalue weighted by Gasteiger charge is 2.04. The van der Waals surface area contributed by atoms with Crippen molar-refractivity contribution in [3.05, 3.63) is 27.8 Å². The van der Waals surface area contributed by atoms with Gasteiger partial charge in [0.1, 0.15) is 5.82 Å². The zero-order valence-corrected chi connectivity index (χ0v) is 11.6. The Labute approximate surface area is 111 Å². The van der Waals surface area contributed by atoms with Crippen LogP contribution >= 0.6 is 11.3 Å². The molecule has 0 amide bonds. The minimum Gasteiger partial charge on any atom is -0.365 e. The van der Waals surface area contributed by atoms with Crippen LogP contribution in [0.3, 0.4) is 0 Å². The number of thiazole rings is 1. The fraction of sp³-hybridized carbons (Fsp3) is 0.417. The van der Waals surface area contributed by atoms with E-state index < -0.39 is 0 Å². The second-order valence-corrected chi connectivity index (χ2v) is 4.90. The number of aryl methyl sites for hydroxylation is 2. The second kappa shape index (κ2) is 5.77. The summed E-state index contributed by atoms with van der Waals surface area (Å²) in [5.41, 5.74) is 3.89. The topological polar surface area (TPSA) is 62.7 Å². The molecule has 0 atom stereocenters. The minimum atomic E-state index is 0.668. The summed E-state index contributed by atoms with van der Waals surface area (Å²) in [6, 6.07) is 1.94. The maximum absolute atomic E-state index is 4.40. The molecule has 0 saturated heterocycles. The second-order valence-electron chi connectivity index (χ2n) is 3.96. The van der Waals surface area contributed by atoms with E-state index in [-0.39, 0.29) is 0 Å². The monoisotopic (exact) mass is 263 g/mol. The summed E-state index contributed by atoms with van der Waals surface area (Å²) in [6.07, 6.45) is 0. The van der Waals surface area contributed by atoms with Crippen molar-refractivity contribution in [1.82, 2.24) is 15.0 Å². The summed E-state index contributed by atoms with van der Waals surface area (Å²) in [5.74, 6) is 1.51. The highest BCUT2D eigenvalue weighted by Crippen LogP contribution is 2.15. The van der Waals surface area contributed by atoms with Gasteiger partial charge in [-0.1, -0.05) is 0 Å². The van der Waals surface area contributed by atoms with Crippen LogP contribution in [-0.2, 0) is 6.54 Å². The lowest BCUT2D eigenvalue weighted by molar-refractivity contribution is 1.03. The third-order valence-electron chi connectivity index (χ3n) is 2.46. The molecule has 2 heterocycles. The molecule has 2 N–H and O–H groups in total. The van der Waals surface area contributed by atoms with Crippen molar-refractivity contribution in [3.63, 3.8) is 0 Å². The minimum absolute atomic E-state index is 0.668. The van der Waals surface area contributed by atoms with E-state index in [4.69, 9.17) is 0 Å². The maximum Gasteiger partial charge on any atom is 0.224 e. The Hall–Kier alpha value is -1.69. The van der Waals surface area contributed by atoms with Gasteiger partial charge in [-0.25, -0.2) is 9.97 Å². The van der Waals surface area contributed by atoms with Gasteiger partial charge in [-0.05, 0) is 20.8 Å². The molecular formula is C12H17N5S. The fourth-order valence-electron chi connectivity index (χ4n) is 1.56. The fourth-order valence-corrected chi connectivity index (χ4v) is 2.28. The van der Waals surface area contributed by atoms with Gasteiger partial charge in [0.25, 0.3) is 0 Å². The number of nitrogens with one attached hydrogen (secondary N) is 2. The van der Waals surface area contributed by atoms with Gasteiger partial charge in [-0.15, -0.1) is 11.3 Å². The van der Waals surface area contributed by atoms with E-state index in [1.807, 2.05) is 32.3 Å². The summed E-state index contributed by atoms with van der Waals surface area (Å²) in [5, 5.41) is 6.43. The molecule has 0 unspecified atom stereocenters. The Bertz CT molecular complexity index is 523. The van der Waals surface area contributed by atoms with Crippen LogP contribution in [0.15, 0.2) is 11.6 Å². The van der Waals surface area contributed by atoms with Crippen LogP contribution in [0.25, 0.3) is 0 Å². The SMILES string of the molecule is CCNc1nc(C)cc(NCc2scnc2C)n1. The zero-order chi connectivity index (χ0) is 13.0. The molecule has 0 radical (unpaired) electrons. The summed E-state index contributed by atoms with van der Waals surface area (Å²) >= 11 is 1.65. The molecule has 0 bridgehead atoms. The molecule has 0 aromatic carbocycles. The lowest BCUT2D eigenvalue weighted by Gasteiger charge is -2.08. The Kier molecular flexibility index (Phi) is 4.09. The summed E-state index contributed by atoms with van der Waals surface area (Å²) in [7, 11) is 0. The lowest BCUT2D eigenvalue weighted by atomic mass is 10.4. The van der Waals surface area contributed by atoms with Gasteiger partial charge in [0.2, 0.25) is 5.95 Å². The van der Waals surface area contributed by atoms with Gasteiger partial charge in [0, 0.05) is 23.2 Å². The molecule has 2 aromatic heterocycles. The molecule has 0 fully saturated rings. The van der Waals surface area contributed by atoms with E-state index in [2.05, 4.69) is 25.6 Å². The van der Waals surface area contributed by atoms with E-state index in [0.717, 1.165) is 30.3 Å². The third kappa shape index (κ3) is 3.16. The van der Waals surface area contributed by atoms with Gasteiger partial charge >= 0.3 is 0 Å². The zero-order valence-electron chi connectivity index (χ0n) is 10.8. The third-order valence-corrected chi connectivity index (χ3v) is 3.40. The molecule has 18 heavy (non-hydrogen) atoms. The largest absolute Gasteiger partial charge is 0.365 e. The van der Waals surface area contributed by atoms with Gasteiger partial charge < -0.3 is 10.6 Å². The molecule has 96 valence electrons. The highest BCUT2D eigenvalue weighted by atomic mass is 32.1. The number of rotatable bonds is 5. The lowest BCUT2D eigenvalue weighted by Crippen LogP contribution is -2.07. The van der Waals surface area contributed by atoms with Gasteiger partial charge in [0.15, 0.2) is 0 Å². The highest BCUT2D eigenvalue weighted by molar-refractivity contribution is 7.09. The maximum atomic E-state index is 4.40. The average Bonchev–Trinajstić information content (AvgIpc) is 2.72. The Morgan fingerprint density at radius 3 is 2.72 bits per heavy atom.